The van der Waals surface area contributed by atoms with Crippen LogP contribution in [-0.2, 0) is 0 Å². The molecule has 0 saturated heterocycles. The van der Waals surface area contributed by atoms with Crippen LogP contribution in [0.4, 0.5) is 0 Å². The number of hydrogen-bond donors (Lipinski definition) is 1. The Kier molecular flexibility index (Phi) is 6.56. The minimum absolute atomic E-state index is 0.0186. The molecule has 4 heteroatoms. The lowest BCUT2D eigenvalue weighted by atomic mass is 9.95. The Labute approximate surface area is 133 Å². The zero-order valence-corrected chi connectivity index (χ0v) is 13.7. The molecule has 0 bridgehead atoms. The van der Waals surface area contributed by atoms with Gasteiger partial charge >= 0.3 is 0 Å². The fourth-order valence-electron chi connectivity index (χ4n) is 2.76. The Morgan fingerprint density at radius 1 is 1.14 bits per heavy atom. The number of benzene rings is 1. The lowest BCUT2D eigenvalue weighted by molar-refractivity contribution is 0.0927. The fraction of sp³-hybridized carbons (Fsp3) is 0.611. The molecule has 1 aromatic carbocycles. The lowest BCUT2D eigenvalue weighted by Crippen LogP contribution is -2.36. The van der Waals surface area contributed by atoms with E-state index in [1.807, 2.05) is 19.1 Å². The third kappa shape index (κ3) is 4.65. The van der Waals surface area contributed by atoms with Crippen molar-refractivity contribution < 1.29 is 14.3 Å². The molecule has 0 radical (unpaired) electrons. The Morgan fingerprint density at radius 3 is 2.59 bits per heavy atom. The molecule has 1 saturated carbocycles. The van der Waals surface area contributed by atoms with E-state index in [0.717, 1.165) is 19.3 Å². The highest BCUT2D eigenvalue weighted by atomic mass is 16.5. The predicted octanol–water partition coefficient (Wildman–Crippen LogP) is 3.94. The maximum Gasteiger partial charge on any atom is 0.251 e. The van der Waals surface area contributed by atoms with Gasteiger partial charge in [-0.3, -0.25) is 4.79 Å². The zero-order valence-electron chi connectivity index (χ0n) is 13.7. The van der Waals surface area contributed by atoms with E-state index >= 15 is 0 Å². The summed E-state index contributed by atoms with van der Waals surface area (Å²) < 4.78 is 11.3. The van der Waals surface area contributed by atoms with Gasteiger partial charge in [-0.1, -0.05) is 26.2 Å². The summed E-state index contributed by atoms with van der Waals surface area (Å²) in [5.74, 6) is 1.33. The van der Waals surface area contributed by atoms with Crippen LogP contribution in [-0.4, -0.2) is 25.2 Å². The Bertz CT molecular complexity index is 481. The maximum atomic E-state index is 12.4. The van der Waals surface area contributed by atoms with Gasteiger partial charge in [0.25, 0.3) is 5.91 Å². The quantitative estimate of drug-likeness (QED) is 0.830. The second-order valence-corrected chi connectivity index (χ2v) is 5.75. The molecule has 1 amide bonds. The van der Waals surface area contributed by atoms with Crippen molar-refractivity contribution in [2.75, 3.05) is 13.2 Å². The molecule has 1 aliphatic carbocycles. The average Bonchev–Trinajstić information content (AvgIpc) is 2.55. The van der Waals surface area contributed by atoms with Crippen LogP contribution in [0.2, 0.25) is 0 Å². The largest absolute Gasteiger partial charge is 0.490 e. The number of ether oxygens (including phenoxy) is 2. The molecule has 122 valence electrons. The first-order valence-corrected chi connectivity index (χ1v) is 8.45. The minimum atomic E-state index is -0.0186. The van der Waals surface area contributed by atoms with Crippen LogP contribution >= 0.6 is 0 Å². The van der Waals surface area contributed by atoms with Gasteiger partial charge in [-0.05, 0) is 44.4 Å². The molecule has 0 atom stereocenters. The van der Waals surface area contributed by atoms with Crippen LogP contribution in [0.5, 0.6) is 11.5 Å². The molecule has 0 unspecified atom stereocenters. The molecule has 0 heterocycles. The summed E-state index contributed by atoms with van der Waals surface area (Å²) in [7, 11) is 0. The van der Waals surface area contributed by atoms with E-state index in [2.05, 4.69) is 12.2 Å². The smallest absolute Gasteiger partial charge is 0.251 e. The molecule has 0 spiro atoms. The maximum absolute atomic E-state index is 12.4. The first-order valence-electron chi connectivity index (χ1n) is 8.45. The highest BCUT2D eigenvalue weighted by Crippen LogP contribution is 2.29. The minimum Gasteiger partial charge on any atom is -0.490 e. The van der Waals surface area contributed by atoms with Crippen LogP contribution in [0.1, 0.15) is 62.7 Å². The second kappa shape index (κ2) is 8.66. The molecular formula is C18H27NO3. The summed E-state index contributed by atoms with van der Waals surface area (Å²) >= 11 is 0. The number of rotatable bonds is 7. The van der Waals surface area contributed by atoms with Crippen LogP contribution in [0.25, 0.3) is 0 Å². The second-order valence-electron chi connectivity index (χ2n) is 5.75. The Hall–Kier alpha value is -1.71. The van der Waals surface area contributed by atoms with E-state index in [1.54, 1.807) is 6.07 Å². The molecule has 0 aliphatic heterocycles. The molecule has 4 nitrogen and oxygen atoms in total. The van der Waals surface area contributed by atoms with Gasteiger partial charge in [-0.15, -0.1) is 0 Å². The van der Waals surface area contributed by atoms with E-state index in [1.165, 1.54) is 19.3 Å². The van der Waals surface area contributed by atoms with E-state index in [9.17, 15) is 4.79 Å². The first-order chi connectivity index (χ1) is 10.7. The molecule has 1 fully saturated rings. The normalized spacial score (nSPS) is 15.4. The SMILES string of the molecule is CCCOc1ccc(C(=O)NC2CCCCC2)cc1OCC. The number of hydrogen-bond acceptors (Lipinski definition) is 3. The Balaban J connectivity index is 2.05. The molecule has 22 heavy (non-hydrogen) atoms. The third-order valence-corrected chi connectivity index (χ3v) is 3.91. The highest BCUT2D eigenvalue weighted by molar-refractivity contribution is 5.95. The topological polar surface area (TPSA) is 47.6 Å². The number of carbonyl (C=O) groups is 1. The number of amides is 1. The van der Waals surface area contributed by atoms with Gasteiger partial charge in [0.2, 0.25) is 0 Å². The van der Waals surface area contributed by atoms with Gasteiger partial charge in [0.05, 0.1) is 13.2 Å². The van der Waals surface area contributed by atoms with E-state index in [0.29, 0.717) is 36.3 Å². The van der Waals surface area contributed by atoms with E-state index < -0.39 is 0 Å². The fourth-order valence-corrected chi connectivity index (χ4v) is 2.76. The first kappa shape index (κ1) is 16.7. The van der Waals surface area contributed by atoms with Crippen LogP contribution in [0.15, 0.2) is 18.2 Å². The molecular weight excluding hydrogens is 278 g/mol. The Morgan fingerprint density at radius 2 is 1.91 bits per heavy atom. The molecule has 1 aromatic rings. The van der Waals surface area contributed by atoms with Crippen LogP contribution < -0.4 is 14.8 Å². The van der Waals surface area contributed by atoms with Gasteiger partial charge in [0.1, 0.15) is 0 Å². The van der Waals surface area contributed by atoms with Gasteiger partial charge in [0.15, 0.2) is 11.5 Å². The van der Waals surface area contributed by atoms with Crippen LogP contribution in [0.3, 0.4) is 0 Å². The van der Waals surface area contributed by atoms with Crippen LogP contribution in [0, 0.1) is 0 Å². The lowest BCUT2D eigenvalue weighted by Gasteiger charge is -2.23. The molecule has 1 aliphatic rings. The van der Waals surface area contributed by atoms with E-state index in [-0.39, 0.29) is 5.91 Å². The average molecular weight is 305 g/mol. The van der Waals surface area contributed by atoms with Crippen molar-refractivity contribution in [3.8, 4) is 11.5 Å². The summed E-state index contributed by atoms with van der Waals surface area (Å²) in [5, 5.41) is 3.13. The number of nitrogens with one attached hydrogen (secondary N) is 1. The standard InChI is InChI=1S/C18H27NO3/c1-3-12-22-16-11-10-14(13-17(16)21-4-2)18(20)19-15-8-6-5-7-9-15/h10-11,13,15H,3-9,12H2,1-2H3,(H,19,20). The summed E-state index contributed by atoms with van der Waals surface area (Å²) in [4.78, 5) is 12.4. The molecule has 0 aromatic heterocycles. The summed E-state index contributed by atoms with van der Waals surface area (Å²) in [5.41, 5.74) is 0.637. The van der Waals surface area contributed by atoms with Gasteiger partial charge < -0.3 is 14.8 Å². The third-order valence-electron chi connectivity index (χ3n) is 3.91. The van der Waals surface area contributed by atoms with Crippen molar-refractivity contribution >= 4 is 5.91 Å². The van der Waals surface area contributed by atoms with Crippen molar-refractivity contribution in [3.05, 3.63) is 23.8 Å². The predicted molar refractivity (Wildman–Crippen MR) is 87.7 cm³/mol. The van der Waals surface area contributed by atoms with Crippen molar-refractivity contribution in [3.63, 3.8) is 0 Å². The van der Waals surface area contributed by atoms with Gasteiger partial charge in [0, 0.05) is 11.6 Å². The van der Waals surface area contributed by atoms with Gasteiger partial charge in [-0.25, -0.2) is 0 Å². The van der Waals surface area contributed by atoms with Crippen molar-refractivity contribution in [1.82, 2.24) is 5.32 Å². The molecule has 1 N–H and O–H groups in total. The summed E-state index contributed by atoms with van der Waals surface area (Å²) in [6, 6.07) is 5.74. The van der Waals surface area contributed by atoms with Crippen molar-refractivity contribution in [1.29, 1.82) is 0 Å². The number of carbonyl (C=O) groups excluding carboxylic acids is 1. The van der Waals surface area contributed by atoms with Gasteiger partial charge in [-0.2, -0.15) is 0 Å². The summed E-state index contributed by atoms with van der Waals surface area (Å²) in [6.45, 7) is 5.19. The van der Waals surface area contributed by atoms with E-state index in [4.69, 9.17) is 9.47 Å². The monoisotopic (exact) mass is 305 g/mol. The highest BCUT2D eigenvalue weighted by Gasteiger charge is 2.18. The summed E-state index contributed by atoms with van der Waals surface area (Å²) in [6.07, 6.45) is 6.81. The van der Waals surface area contributed by atoms with Crippen molar-refractivity contribution in [2.45, 2.75) is 58.4 Å². The van der Waals surface area contributed by atoms with Crippen molar-refractivity contribution in [2.24, 2.45) is 0 Å². The molecule has 2 rings (SSSR count). The zero-order chi connectivity index (χ0) is 15.8.